The van der Waals surface area contributed by atoms with Gasteiger partial charge in [0.05, 0.1) is 11.4 Å². The highest BCUT2D eigenvalue weighted by atomic mass is 32.1. The third kappa shape index (κ3) is 2.69. The van der Waals surface area contributed by atoms with Crippen molar-refractivity contribution in [3.63, 3.8) is 0 Å². The van der Waals surface area contributed by atoms with Gasteiger partial charge >= 0.3 is 0 Å². The van der Waals surface area contributed by atoms with E-state index in [1.165, 1.54) is 27.9 Å². The molecule has 0 saturated heterocycles. The molecule has 2 heterocycles. The molecule has 0 fully saturated rings. The van der Waals surface area contributed by atoms with Gasteiger partial charge in [0.25, 0.3) is 0 Å². The van der Waals surface area contributed by atoms with Gasteiger partial charge in [0, 0.05) is 22.6 Å². The Balaban J connectivity index is 1.85. The third-order valence-electron chi connectivity index (χ3n) is 5.01. The number of rotatable bonds is 3. The molecule has 0 aliphatic heterocycles. The fraction of sp³-hybridized carbons (Fsp3) is 0.227. The van der Waals surface area contributed by atoms with Crippen LogP contribution in [0.2, 0.25) is 0 Å². The number of benzene rings is 2. The van der Waals surface area contributed by atoms with Crippen LogP contribution in [0.15, 0.2) is 60.1 Å². The van der Waals surface area contributed by atoms with E-state index < -0.39 is 0 Å². The summed E-state index contributed by atoms with van der Waals surface area (Å²) in [4.78, 5) is 5.99. The van der Waals surface area contributed by atoms with Gasteiger partial charge in [-0.1, -0.05) is 61.9 Å². The normalized spacial score (nSPS) is 12.0. The van der Waals surface area contributed by atoms with E-state index in [9.17, 15) is 0 Å². The van der Waals surface area contributed by atoms with Crippen molar-refractivity contribution in [2.45, 2.75) is 33.1 Å². The molecule has 0 saturated carbocycles. The molecule has 0 aliphatic rings. The molecule has 0 atom stereocenters. The van der Waals surface area contributed by atoms with Crippen LogP contribution >= 0.6 is 11.3 Å². The summed E-state index contributed by atoms with van der Waals surface area (Å²) in [6.45, 7) is 8.80. The molecule has 126 valence electrons. The quantitative estimate of drug-likeness (QED) is 0.444. The predicted molar refractivity (Wildman–Crippen MR) is 107 cm³/mol. The van der Waals surface area contributed by atoms with Crippen LogP contribution in [0.4, 0.5) is 0 Å². The van der Waals surface area contributed by atoms with Gasteiger partial charge in [0.1, 0.15) is 0 Å². The molecule has 4 rings (SSSR count). The summed E-state index contributed by atoms with van der Waals surface area (Å²) in [7, 11) is 0. The lowest BCUT2D eigenvalue weighted by Crippen LogP contribution is -2.19. The van der Waals surface area contributed by atoms with Crippen molar-refractivity contribution in [3.05, 3.63) is 82.5 Å². The summed E-state index contributed by atoms with van der Waals surface area (Å²) in [5, 5.41) is 2.21. The van der Waals surface area contributed by atoms with Gasteiger partial charge in [-0.3, -0.25) is 4.40 Å². The SMILES string of the molecule is Cc1ccc(C)c(-c2csc3nc(C(C)(C)c4ccccc4)cn23)c1. The zero-order chi connectivity index (χ0) is 17.6. The van der Waals surface area contributed by atoms with Crippen molar-refractivity contribution in [2.75, 3.05) is 0 Å². The van der Waals surface area contributed by atoms with Gasteiger partial charge in [0.15, 0.2) is 4.96 Å². The molecule has 0 unspecified atom stereocenters. The van der Waals surface area contributed by atoms with Gasteiger partial charge in [0.2, 0.25) is 0 Å². The van der Waals surface area contributed by atoms with Crippen molar-refractivity contribution >= 4 is 16.3 Å². The first-order valence-electron chi connectivity index (χ1n) is 8.57. The second kappa shape index (κ2) is 5.85. The lowest BCUT2D eigenvalue weighted by Gasteiger charge is -2.22. The monoisotopic (exact) mass is 346 g/mol. The van der Waals surface area contributed by atoms with Crippen LogP contribution in [0.5, 0.6) is 0 Å². The summed E-state index contributed by atoms with van der Waals surface area (Å²) in [5.74, 6) is 0. The molecular formula is C22H22N2S. The van der Waals surface area contributed by atoms with Crippen molar-refractivity contribution in [1.29, 1.82) is 0 Å². The fourth-order valence-corrected chi connectivity index (χ4v) is 4.17. The topological polar surface area (TPSA) is 17.3 Å². The van der Waals surface area contributed by atoms with Crippen LogP contribution < -0.4 is 0 Å². The number of hydrogen-bond donors (Lipinski definition) is 0. The molecule has 0 bridgehead atoms. The molecule has 0 radical (unpaired) electrons. The highest BCUT2D eigenvalue weighted by Gasteiger charge is 2.27. The Kier molecular flexibility index (Phi) is 3.77. The van der Waals surface area contributed by atoms with E-state index in [1.807, 2.05) is 0 Å². The molecule has 2 aromatic carbocycles. The standard InChI is InChI=1S/C22H22N2S/c1-15-10-11-16(2)18(12-15)19-14-25-21-23-20(13-24(19)21)22(3,4)17-8-6-5-7-9-17/h5-14H,1-4H3. The number of imidazole rings is 1. The Labute approximate surface area is 152 Å². The van der Waals surface area contributed by atoms with E-state index in [2.05, 4.69) is 92.2 Å². The minimum absolute atomic E-state index is 0.119. The number of hydrogen-bond acceptors (Lipinski definition) is 2. The summed E-state index contributed by atoms with van der Waals surface area (Å²) < 4.78 is 2.24. The first-order valence-corrected chi connectivity index (χ1v) is 9.45. The predicted octanol–water partition coefficient (Wildman–Crippen LogP) is 6.01. The lowest BCUT2D eigenvalue weighted by molar-refractivity contribution is 0.622. The minimum Gasteiger partial charge on any atom is -0.290 e. The van der Waals surface area contributed by atoms with E-state index in [0.717, 1.165) is 10.7 Å². The Hall–Kier alpha value is -2.39. The Morgan fingerprint density at radius 1 is 1.00 bits per heavy atom. The Morgan fingerprint density at radius 2 is 1.76 bits per heavy atom. The number of fused-ring (bicyclic) bond motifs is 1. The van der Waals surface area contributed by atoms with Gasteiger partial charge in [-0.25, -0.2) is 4.98 Å². The fourth-order valence-electron chi connectivity index (χ4n) is 3.29. The van der Waals surface area contributed by atoms with Gasteiger partial charge < -0.3 is 0 Å². The van der Waals surface area contributed by atoms with Gasteiger partial charge in [-0.2, -0.15) is 0 Å². The van der Waals surface area contributed by atoms with Crippen LogP contribution in [-0.4, -0.2) is 9.38 Å². The van der Waals surface area contributed by atoms with Gasteiger partial charge in [-0.05, 0) is 31.0 Å². The van der Waals surface area contributed by atoms with Crippen LogP contribution in [0.3, 0.4) is 0 Å². The molecule has 3 heteroatoms. The van der Waals surface area contributed by atoms with E-state index in [4.69, 9.17) is 4.98 Å². The maximum Gasteiger partial charge on any atom is 0.194 e. The van der Waals surface area contributed by atoms with Gasteiger partial charge in [-0.15, -0.1) is 11.3 Å². The number of nitrogens with zero attached hydrogens (tertiary/aromatic N) is 2. The van der Waals surface area contributed by atoms with Crippen LogP contribution in [0.1, 0.15) is 36.2 Å². The average Bonchev–Trinajstić information content (AvgIpc) is 3.19. The largest absolute Gasteiger partial charge is 0.290 e. The molecule has 0 spiro atoms. The molecule has 4 aromatic rings. The maximum absolute atomic E-state index is 4.94. The minimum atomic E-state index is -0.119. The van der Waals surface area contributed by atoms with Crippen molar-refractivity contribution in [2.24, 2.45) is 0 Å². The number of thiazole rings is 1. The van der Waals surface area contributed by atoms with Crippen molar-refractivity contribution in [1.82, 2.24) is 9.38 Å². The summed E-state index contributed by atoms with van der Waals surface area (Å²) in [6.07, 6.45) is 2.20. The summed E-state index contributed by atoms with van der Waals surface area (Å²) in [5.41, 5.74) is 7.36. The Morgan fingerprint density at radius 3 is 2.52 bits per heavy atom. The smallest absolute Gasteiger partial charge is 0.194 e. The van der Waals surface area contributed by atoms with E-state index >= 15 is 0 Å². The second-order valence-corrected chi connectivity index (χ2v) is 8.05. The zero-order valence-corrected chi connectivity index (χ0v) is 15.9. The zero-order valence-electron chi connectivity index (χ0n) is 15.1. The highest BCUT2D eigenvalue weighted by Crippen LogP contribution is 2.35. The average molecular weight is 346 g/mol. The van der Waals surface area contributed by atoms with Crippen LogP contribution in [-0.2, 0) is 5.41 Å². The molecule has 2 nitrogen and oxygen atoms in total. The molecule has 0 amide bonds. The summed E-state index contributed by atoms with van der Waals surface area (Å²) >= 11 is 1.71. The van der Waals surface area contributed by atoms with Crippen molar-refractivity contribution < 1.29 is 0 Å². The third-order valence-corrected chi connectivity index (χ3v) is 5.85. The molecule has 25 heavy (non-hydrogen) atoms. The van der Waals surface area contributed by atoms with E-state index in [1.54, 1.807) is 11.3 Å². The van der Waals surface area contributed by atoms with Crippen molar-refractivity contribution in [3.8, 4) is 11.3 Å². The molecular weight excluding hydrogens is 324 g/mol. The Bertz CT molecular complexity index is 1040. The number of aryl methyl sites for hydroxylation is 2. The maximum atomic E-state index is 4.94. The second-order valence-electron chi connectivity index (χ2n) is 7.21. The molecule has 0 aliphatic carbocycles. The van der Waals surface area contributed by atoms with Crippen LogP contribution in [0.25, 0.3) is 16.2 Å². The molecule has 2 aromatic heterocycles. The van der Waals surface area contributed by atoms with Crippen LogP contribution in [0, 0.1) is 13.8 Å². The first kappa shape index (κ1) is 16.1. The number of aromatic nitrogens is 2. The molecule has 0 N–H and O–H groups in total. The highest BCUT2D eigenvalue weighted by molar-refractivity contribution is 7.15. The summed E-state index contributed by atoms with van der Waals surface area (Å²) in [6, 6.07) is 17.2. The first-order chi connectivity index (χ1) is 12.0. The van der Waals surface area contributed by atoms with E-state index in [0.29, 0.717) is 0 Å². The lowest BCUT2D eigenvalue weighted by atomic mass is 9.82. The van der Waals surface area contributed by atoms with E-state index in [-0.39, 0.29) is 5.41 Å².